The lowest BCUT2D eigenvalue weighted by molar-refractivity contribution is -0.140. The van der Waals surface area contributed by atoms with E-state index in [1.165, 1.54) is 4.90 Å². The molecule has 0 aromatic carbocycles. The van der Waals surface area contributed by atoms with Gasteiger partial charge in [0.15, 0.2) is 0 Å². The van der Waals surface area contributed by atoms with Crippen LogP contribution < -0.4 is 0 Å². The molecule has 1 rings (SSSR count). The molecule has 0 spiro atoms. The van der Waals surface area contributed by atoms with Crippen molar-refractivity contribution in [1.82, 2.24) is 9.80 Å². The van der Waals surface area contributed by atoms with Crippen molar-refractivity contribution in [3.63, 3.8) is 0 Å². The molecule has 0 radical (unpaired) electrons. The standard InChI is InChI=1S/C9H14ClFN2O/c1-3-4-12(2)7-5-13(6-7)9(14)8(10)11/h3,7-8H,1,4-6H2,2H3. The number of hydrogen-bond donors (Lipinski definition) is 0. The van der Waals surface area contributed by atoms with Gasteiger partial charge in [-0.3, -0.25) is 9.69 Å². The minimum absolute atomic E-state index is 0.298. The summed E-state index contributed by atoms with van der Waals surface area (Å²) >= 11 is 5.04. The third-order valence-electron chi connectivity index (χ3n) is 2.40. The number of likely N-dealkylation sites (tertiary alicyclic amines) is 1. The van der Waals surface area contributed by atoms with E-state index in [1.807, 2.05) is 7.05 Å². The molecule has 1 fully saturated rings. The second-order valence-corrected chi connectivity index (χ2v) is 3.81. The predicted octanol–water partition coefficient (Wildman–Crippen LogP) is 0.849. The third-order valence-corrected chi connectivity index (χ3v) is 2.59. The normalized spacial score (nSPS) is 19.3. The summed E-state index contributed by atoms with van der Waals surface area (Å²) in [5, 5.41) is 0. The molecule has 1 atom stereocenters. The zero-order valence-corrected chi connectivity index (χ0v) is 8.88. The fourth-order valence-electron chi connectivity index (χ4n) is 1.40. The van der Waals surface area contributed by atoms with Gasteiger partial charge in [0, 0.05) is 25.7 Å². The van der Waals surface area contributed by atoms with E-state index in [-0.39, 0.29) is 0 Å². The van der Waals surface area contributed by atoms with Crippen molar-refractivity contribution < 1.29 is 9.18 Å². The first-order valence-electron chi connectivity index (χ1n) is 4.44. The molecule has 0 N–H and O–H groups in total. The van der Waals surface area contributed by atoms with Crippen molar-refractivity contribution in [3.05, 3.63) is 12.7 Å². The Kier molecular flexibility index (Phi) is 3.89. The summed E-state index contributed by atoms with van der Waals surface area (Å²) in [5.41, 5.74) is -1.90. The average molecular weight is 221 g/mol. The van der Waals surface area contributed by atoms with Gasteiger partial charge in [0.25, 0.3) is 11.5 Å². The lowest BCUT2D eigenvalue weighted by Gasteiger charge is -2.43. The molecule has 0 aliphatic carbocycles. The summed E-state index contributed by atoms with van der Waals surface area (Å²) < 4.78 is 12.4. The first kappa shape index (κ1) is 11.5. The lowest BCUT2D eigenvalue weighted by atomic mass is 10.1. The molecule has 3 nitrogen and oxygen atoms in total. The van der Waals surface area contributed by atoms with Crippen LogP contribution in [0.25, 0.3) is 0 Å². The molecule has 5 heteroatoms. The molecule has 1 unspecified atom stereocenters. The smallest absolute Gasteiger partial charge is 0.272 e. The minimum Gasteiger partial charge on any atom is -0.336 e. The molecule has 1 aliphatic heterocycles. The Balaban J connectivity index is 2.29. The van der Waals surface area contributed by atoms with Crippen LogP contribution >= 0.6 is 11.6 Å². The quantitative estimate of drug-likeness (QED) is 0.518. The Morgan fingerprint density at radius 2 is 2.43 bits per heavy atom. The second kappa shape index (κ2) is 4.75. The number of carbonyl (C=O) groups excluding carboxylic acids is 1. The summed E-state index contributed by atoms with van der Waals surface area (Å²) in [6.07, 6.45) is 1.80. The van der Waals surface area contributed by atoms with Gasteiger partial charge < -0.3 is 4.90 Å². The van der Waals surface area contributed by atoms with Crippen molar-refractivity contribution >= 4 is 17.5 Å². The fraction of sp³-hybridized carbons (Fsp3) is 0.667. The Labute approximate surface area is 88.1 Å². The highest BCUT2D eigenvalue weighted by Crippen LogP contribution is 2.16. The number of likely N-dealkylation sites (N-methyl/N-ethyl adjacent to an activating group) is 1. The van der Waals surface area contributed by atoms with Crippen molar-refractivity contribution in [2.45, 2.75) is 11.7 Å². The number of alkyl halides is 2. The van der Waals surface area contributed by atoms with Crippen LogP contribution in [0.2, 0.25) is 0 Å². The number of amides is 1. The molecule has 14 heavy (non-hydrogen) atoms. The van der Waals surface area contributed by atoms with E-state index in [4.69, 9.17) is 11.6 Å². The molecule has 0 aromatic rings. The number of rotatable bonds is 4. The summed E-state index contributed by atoms with van der Waals surface area (Å²) in [4.78, 5) is 14.5. The monoisotopic (exact) mass is 220 g/mol. The van der Waals surface area contributed by atoms with Crippen molar-refractivity contribution in [3.8, 4) is 0 Å². The highest BCUT2D eigenvalue weighted by Gasteiger charge is 2.35. The molecule has 1 heterocycles. The zero-order chi connectivity index (χ0) is 10.7. The van der Waals surface area contributed by atoms with E-state index in [0.717, 1.165) is 6.54 Å². The Morgan fingerprint density at radius 1 is 1.86 bits per heavy atom. The van der Waals surface area contributed by atoms with Crippen molar-refractivity contribution in [2.75, 3.05) is 26.7 Å². The van der Waals surface area contributed by atoms with Crippen molar-refractivity contribution in [2.24, 2.45) is 0 Å². The van der Waals surface area contributed by atoms with Crippen LogP contribution in [0.1, 0.15) is 0 Å². The minimum atomic E-state index is -1.90. The van der Waals surface area contributed by atoms with Gasteiger partial charge in [-0.15, -0.1) is 6.58 Å². The van der Waals surface area contributed by atoms with E-state index < -0.39 is 11.5 Å². The maximum Gasteiger partial charge on any atom is 0.272 e. The van der Waals surface area contributed by atoms with Crippen molar-refractivity contribution in [1.29, 1.82) is 0 Å². The molecule has 1 saturated heterocycles. The average Bonchev–Trinajstić information content (AvgIpc) is 2.01. The predicted molar refractivity (Wildman–Crippen MR) is 53.9 cm³/mol. The van der Waals surface area contributed by atoms with Gasteiger partial charge >= 0.3 is 0 Å². The molecule has 1 aliphatic rings. The lowest BCUT2D eigenvalue weighted by Crippen LogP contribution is -2.61. The molecule has 1 amide bonds. The third kappa shape index (κ3) is 2.45. The molecule has 0 saturated carbocycles. The van der Waals surface area contributed by atoms with Crippen LogP contribution in [0, 0.1) is 0 Å². The van der Waals surface area contributed by atoms with E-state index >= 15 is 0 Å². The van der Waals surface area contributed by atoms with Crippen LogP contribution in [-0.2, 0) is 4.79 Å². The van der Waals surface area contributed by atoms with E-state index in [9.17, 15) is 9.18 Å². The number of halogens is 2. The molecule has 0 aromatic heterocycles. The summed E-state index contributed by atoms with van der Waals surface area (Å²) in [6.45, 7) is 5.49. The molecule has 0 bridgehead atoms. The van der Waals surface area contributed by atoms with Crippen LogP contribution in [0.3, 0.4) is 0 Å². The van der Waals surface area contributed by atoms with Gasteiger partial charge in [0.05, 0.1) is 0 Å². The van der Waals surface area contributed by atoms with Crippen LogP contribution in [0.15, 0.2) is 12.7 Å². The van der Waals surface area contributed by atoms with E-state index in [0.29, 0.717) is 19.1 Å². The number of nitrogens with zero attached hydrogens (tertiary/aromatic N) is 2. The van der Waals surface area contributed by atoms with Gasteiger partial charge in [0.2, 0.25) is 0 Å². The highest BCUT2D eigenvalue weighted by molar-refractivity contribution is 6.29. The fourth-order valence-corrected chi connectivity index (χ4v) is 1.54. The van der Waals surface area contributed by atoms with Gasteiger partial charge in [-0.25, -0.2) is 4.39 Å². The number of hydrogen-bond acceptors (Lipinski definition) is 2. The highest BCUT2D eigenvalue weighted by atomic mass is 35.5. The zero-order valence-electron chi connectivity index (χ0n) is 8.12. The van der Waals surface area contributed by atoms with Gasteiger partial charge in [0.1, 0.15) is 0 Å². The molecule has 80 valence electrons. The van der Waals surface area contributed by atoms with Gasteiger partial charge in [-0.2, -0.15) is 0 Å². The van der Waals surface area contributed by atoms with E-state index in [1.54, 1.807) is 6.08 Å². The topological polar surface area (TPSA) is 23.6 Å². The van der Waals surface area contributed by atoms with Crippen LogP contribution in [0.4, 0.5) is 4.39 Å². The Bertz CT molecular complexity index is 229. The first-order chi connectivity index (χ1) is 6.56. The van der Waals surface area contributed by atoms with Gasteiger partial charge in [-0.1, -0.05) is 17.7 Å². The molecular formula is C9H14ClFN2O. The van der Waals surface area contributed by atoms with Crippen LogP contribution in [-0.4, -0.2) is 54.1 Å². The summed E-state index contributed by atoms with van der Waals surface area (Å²) in [5.74, 6) is -0.630. The molecular weight excluding hydrogens is 207 g/mol. The maximum atomic E-state index is 12.4. The first-order valence-corrected chi connectivity index (χ1v) is 4.88. The summed E-state index contributed by atoms with van der Waals surface area (Å²) in [7, 11) is 1.95. The number of carbonyl (C=O) groups is 1. The SMILES string of the molecule is C=CCN(C)C1CN(C(=O)C(F)Cl)C1. The van der Waals surface area contributed by atoms with E-state index in [2.05, 4.69) is 11.5 Å². The second-order valence-electron chi connectivity index (χ2n) is 3.43. The van der Waals surface area contributed by atoms with Gasteiger partial charge in [-0.05, 0) is 7.05 Å². The summed E-state index contributed by atoms with van der Waals surface area (Å²) in [6, 6.07) is 0.298. The Hall–Kier alpha value is -0.610. The maximum absolute atomic E-state index is 12.4. The largest absolute Gasteiger partial charge is 0.336 e. The Morgan fingerprint density at radius 3 is 2.86 bits per heavy atom. The van der Waals surface area contributed by atoms with Crippen LogP contribution in [0.5, 0.6) is 0 Å².